The van der Waals surface area contributed by atoms with Crippen molar-refractivity contribution in [1.82, 2.24) is 10.2 Å². The summed E-state index contributed by atoms with van der Waals surface area (Å²) in [5.74, 6) is 0.356. The van der Waals surface area contributed by atoms with Crippen LogP contribution >= 0.6 is 0 Å². The minimum Gasteiger partial charge on any atom is -0.338 e. The number of carbonyl (C=O) groups excluding carboxylic acids is 1. The number of sulfone groups is 1. The zero-order chi connectivity index (χ0) is 14.3. The highest BCUT2D eigenvalue weighted by molar-refractivity contribution is 7.91. The Kier molecular flexibility index (Phi) is 6.79. The first-order valence-electron chi connectivity index (χ1n) is 7.20. The Hall–Kier alpha value is -0.620. The van der Waals surface area contributed by atoms with E-state index in [-0.39, 0.29) is 23.5 Å². The number of rotatable bonds is 8. The van der Waals surface area contributed by atoms with Gasteiger partial charge in [-0.15, -0.1) is 0 Å². The average molecular weight is 290 g/mol. The molecular weight excluding hydrogens is 264 g/mol. The predicted octanol–water partition coefficient (Wildman–Crippen LogP) is 0.802. The Bertz CT molecular complexity index is 381. The maximum atomic E-state index is 12.1. The molecule has 1 unspecified atom stereocenters. The van der Waals surface area contributed by atoms with E-state index in [9.17, 15) is 13.2 Å². The number of hydrogen-bond acceptors (Lipinski definition) is 4. The Morgan fingerprint density at radius 2 is 2.05 bits per heavy atom. The molecule has 1 N–H and O–H groups in total. The van der Waals surface area contributed by atoms with Gasteiger partial charge in [0.25, 0.3) is 0 Å². The number of unbranched alkanes of at least 4 members (excludes halogenated alkanes) is 2. The van der Waals surface area contributed by atoms with Crippen molar-refractivity contribution in [2.24, 2.45) is 0 Å². The molecule has 0 aliphatic carbocycles. The van der Waals surface area contributed by atoms with E-state index in [1.54, 1.807) is 4.90 Å². The molecule has 1 saturated heterocycles. The lowest BCUT2D eigenvalue weighted by molar-refractivity contribution is -0.131. The lowest BCUT2D eigenvalue weighted by Gasteiger charge is -2.27. The minimum atomic E-state index is -2.93. The third kappa shape index (κ3) is 5.48. The van der Waals surface area contributed by atoms with Gasteiger partial charge >= 0.3 is 0 Å². The van der Waals surface area contributed by atoms with Gasteiger partial charge in [-0.05, 0) is 26.3 Å². The largest absolute Gasteiger partial charge is 0.338 e. The maximum Gasteiger partial charge on any atom is 0.236 e. The van der Waals surface area contributed by atoms with Crippen LogP contribution in [0.5, 0.6) is 0 Å². The molecular formula is C13H26N2O3S. The zero-order valence-corrected chi connectivity index (χ0v) is 12.8. The molecule has 1 amide bonds. The minimum absolute atomic E-state index is 0.0149. The molecule has 1 aliphatic heterocycles. The average Bonchev–Trinajstić information content (AvgIpc) is 2.70. The third-order valence-corrected chi connectivity index (χ3v) is 5.29. The summed E-state index contributed by atoms with van der Waals surface area (Å²) in [7, 11) is -2.93. The van der Waals surface area contributed by atoms with Crippen LogP contribution in [0.2, 0.25) is 0 Å². The number of nitrogens with one attached hydrogen (secondary N) is 1. The van der Waals surface area contributed by atoms with Gasteiger partial charge in [0.1, 0.15) is 0 Å². The number of carbonyl (C=O) groups is 1. The van der Waals surface area contributed by atoms with E-state index in [0.717, 1.165) is 19.4 Å². The SMILES string of the molecule is CCCCCNCC(=O)N(CC)C1CCS(=O)(=O)C1. The first-order chi connectivity index (χ1) is 9.00. The molecule has 1 rings (SSSR count). The third-order valence-electron chi connectivity index (χ3n) is 3.54. The molecule has 1 heterocycles. The van der Waals surface area contributed by atoms with Crippen LogP contribution in [0, 0.1) is 0 Å². The van der Waals surface area contributed by atoms with Gasteiger partial charge < -0.3 is 10.2 Å². The Balaban J connectivity index is 2.36. The molecule has 0 saturated carbocycles. The highest BCUT2D eigenvalue weighted by Crippen LogP contribution is 2.17. The van der Waals surface area contributed by atoms with Crippen molar-refractivity contribution in [3.63, 3.8) is 0 Å². The summed E-state index contributed by atoms with van der Waals surface area (Å²) in [4.78, 5) is 13.8. The van der Waals surface area contributed by atoms with Gasteiger partial charge in [-0.2, -0.15) is 0 Å². The molecule has 1 aliphatic rings. The first kappa shape index (κ1) is 16.4. The maximum absolute atomic E-state index is 12.1. The van der Waals surface area contributed by atoms with E-state index in [0.29, 0.717) is 19.5 Å². The number of hydrogen-bond donors (Lipinski definition) is 1. The van der Waals surface area contributed by atoms with Gasteiger partial charge in [0.2, 0.25) is 5.91 Å². The van der Waals surface area contributed by atoms with E-state index in [1.807, 2.05) is 6.92 Å². The lowest BCUT2D eigenvalue weighted by Crippen LogP contribution is -2.45. The van der Waals surface area contributed by atoms with Crippen molar-refractivity contribution in [3.8, 4) is 0 Å². The van der Waals surface area contributed by atoms with Crippen LogP contribution in [0.3, 0.4) is 0 Å². The van der Waals surface area contributed by atoms with Crippen LogP contribution in [0.15, 0.2) is 0 Å². The number of nitrogens with zero attached hydrogens (tertiary/aromatic N) is 1. The van der Waals surface area contributed by atoms with Gasteiger partial charge in [-0.3, -0.25) is 4.79 Å². The summed E-state index contributed by atoms with van der Waals surface area (Å²) in [6.07, 6.45) is 3.99. The Morgan fingerprint density at radius 1 is 1.32 bits per heavy atom. The Morgan fingerprint density at radius 3 is 2.58 bits per heavy atom. The van der Waals surface area contributed by atoms with Crippen molar-refractivity contribution in [1.29, 1.82) is 0 Å². The summed E-state index contributed by atoms with van der Waals surface area (Å²) in [5, 5.41) is 3.14. The standard InChI is InChI=1S/C13H26N2O3S/c1-3-5-6-8-14-10-13(16)15(4-2)12-7-9-19(17,18)11-12/h12,14H,3-11H2,1-2H3. The summed E-state index contributed by atoms with van der Waals surface area (Å²) < 4.78 is 22.9. The van der Waals surface area contributed by atoms with Crippen LogP contribution in [0.1, 0.15) is 39.5 Å². The quantitative estimate of drug-likeness (QED) is 0.672. The first-order valence-corrected chi connectivity index (χ1v) is 9.03. The van der Waals surface area contributed by atoms with E-state index in [2.05, 4.69) is 12.2 Å². The molecule has 19 heavy (non-hydrogen) atoms. The van der Waals surface area contributed by atoms with Gasteiger partial charge in [0.05, 0.1) is 18.1 Å². The number of likely N-dealkylation sites (N-methyl/N-ethyl adjacent to an activating group) is 1. The van der Waals surface area contributed by atoms with E-state index in [4.69, 9.17) is 0 Å². The van der Waals surface area contributed by atoms with Gasteiger partial charge in [-0.1, -0.05) is 19.8 Å². The second kappa shape index (κ2) is 7.85. The normalized spacial score (nSPS) is 21.5. The molecule has 112 valence electrons. The topological polar surface area (TPSA) is 66.5 Å². The van der Waals surface area contributed by atoms with Crippen LogP contribution in [-0.2, 0) is 14.6 Å². The van der Waals surface area contributed by atoms with Gasteiger partial charge in [0.15, 0.2) is 9.84 Å². The molecule has 0 radical (unpaired) electrons. The van der Waals surface area contributed by atoms with Crippen molar-refractivity contribution in [3.05, 3.63) is 0 Å². The second-order valence-corrected chi connectivity index (χ2v) is 7.35. The molecule has 0 aromatic rings. The highest BCUT2D eigenvalue weighted by Gasteiger charge is 2.33. The summed E-state index contributed by atoms with van der Waals surface area (Å²) in [5.41, 5.74) is 0. The molecule has 1 fully saturated rings. The highest BCUT2D eigenvalue weighted by atomic mass is 32.2. The van der Waals surface area contributed by atoms with Gasteiger partial charge in [0, 0.05) is 12.6 Å². The van der Waals surface area contributed by atoms with Crippen molar-refractivity contribution >= 4 is 15.7 Å². The van der Waals surface area contributed by atoms with E-state index < -0.39 is 9.84 Å². The van der Waals surface area contributed by atoms with Crippen molar-refractivity contribution < 1.29 is 13.2 Å². The molecule has 0 aromatic heterocycles. The van der Waals surface area contributed by atoms with E-state index >= 15 is 0 Å². The summed E-state index contributed by atoms with van der Waals surface area (Å²) >= 11 is 0. The molecule has 0 bridgehead atoms. The second-order valence-electron chi connectivity index (χ2n) is 5.12. The Labute approximate surface area is 116 Å². The van der Waals surface area contributed by atoms with Crippen LogP contribution in [0.25, 0.3) is 0 Å². The van der Waals surface area contributed by atoms with Crippen LogP contribution in [0.4, 0.5) is 0 Å². The molecule has 0 aromatic carbocycles. The van der Waals surface area contributed by atoms with Gasteiger partial charge in [-0.25, -0.2) is 8.42 Å². The van der Waals surface area contributed by atoms with Crippen LogP contribution < -0.4 is 5.32 Å². The smallest absolute Gasteiger partial charge is 0.236 e. The monoisotopic (exact) mass is 290 g/mol. The summed E-state index contributed by atoms with van der Waals surface area (Å²) in [6, 6.07) is -0.125. The van der Waals surface area contributed by atoms with E-state index in [1.165, 1.54) is 6.42 Å². The van der Waals surface area contributed by atoms with Crippen molar-refractivity contribution in [2.45, 2.75) is 45.6 Å². The summed E-state index contributed by atoms with van der Waals surface area (Å²) in [6.45, 7) is 5.79. The van der Waals surface area contributed by atoms with Crippen LogP contribution in [-0.4, -0.2) is 56.4 Å². The zero-order valence-electron chi connectivity index (χ0n) is 12.0. The van der Waals surface area contributed by atoms with Crippen molar-refractivity contribution in [2.75, 3.05) is 31.1 Å². The fourth-order valence-electron chi connectivity index (χ4n) is 2.46. The fraction of sp³-hybridized carbons (Fsp3) is 0.923. The lowest BCUT2D eigenvalue weighted by atomic mass is 10.2. The fourth-order valence-corrected chi connectivity index (χ4v) is 4.19. The molecule has 1 atom stereocenters. The molecule has 6 heteroatoms. The predicted molar refractivity (Wildman–Crippen MR) is 76.8 cm³/mol. The molecule has 5 nitrogen and oxygen atoms in total. The number of amides is 1. The molecule has 0 spiro atoms.